The minimum atomic E-state index is 0. The van der Waals surface area contributed by atoms with E-state index in [0.29, 0.717) is 0 Å². The Morgan fingerprint density at radius 1 is 1.50 bits per heavy atom. The van der Waals surface area contributed by atoms with Gasteiger partial charge in [-0.25, -0.2) is 0 Å². The lowest BCUT2D eigenvalue weighted by molar-refractivity contribution is 1.46. The van der Waals surface area contributed by atoms with E-state index in [9.17, 15) is 0 Å². The summed E-state index contributed by atoms with van der Waals surface area (Å²) in [5, 5.41) is 2.00. The van der Waals surface area contributed by atoms with Crippen LogP contribution in [0, 0.1) is 0 Å². The summed E-state index contributed by atoms with van der Waals surface area (Å²) in [6, 6.07) is 0. The van der Waals surface area contributed by atoms with Crippen LogP contribution in [0.5, 0.6) is 0 Å². The molecule has 1 unspecified atom stereocenters. The fraction of sp³-hybridized carbons (Fsp3) is 0. The van der Waals surface area contributed by atoms with Crippen LogP contribution in [0.2, 0.25) is 0 Å². The van der Waals surface area contributed by atoms with Crippen LogP contribution in [-0.2, 0) is 0 Å². The summed E-state index contributed by atoms with van der Waals surface area (Å²) in [4.78, 5) is 0. The van der Waals surface area contributed by atoms with E-state index in [1.165, 1.54) is 0 Å². The van der Waals surface area contributed by atoms with Crippen molar-refractivity contribution in [3.63, 3.8) is 0 Å². The molecule has 0 saturated carbocycles. The van der Waals surface area contributed by atoms with E-state index >= 15 is 0 Å². The SMILES string of the molecule is C1=CSSN1.P. The molecule has 0 saturated heterocycles. The molecule has 1 nitrogen and oxygen atoms in total. The van der Waals surface area contributed by atoms with Crippen LogP contribution < -0.4 is 4.72 Å². The monoisotopic (exact) mass is 139 g/mol. The van der Waals surface area contributed by atoms with Crippen LogP contribution >= 0.6 is 31.7 Å². The molecular weight excluding hydrogens is 133 g/mol. The maximum Gasteiger partial charge on any atom is 0.0229 e. The number of nitrogens with one attached hydrogen (secondary N) is 1. The van der Waals surface area contributed by atoms with Gasteiger partial charge in [0.05, 0.1) is 0 Å². The van der Waals surface area contributed by atoms with Gasteiger partial charge in [0.2, 0.25) is 0 Å². The van der Waals surface area contributed by atoms with Gasteiger partial charge in [0.1, 0.15) is 0 Å². The maximum absolute atomic E-state index is 2.92. The minimum Gasteiger partial charge on any atom is -0.327 e. The van der Waals surface area contributed by atoms with Gasteiger partial charge in [-0.15, -0.1) is 0 Å². The molecule has 1 N–H and O–H groups in total. The van der Waals surface area contributed by atoms with Gasteiger partial charge in [0, 0.05) is 22.6 Å². The van der Waals surface area contributed by atoms with Crippen LogP contribution in [-0.4, -0.2) is 0 Å². The Morgan fingerprint density at radius 2 is 2.33 bits per heavy atom. The lowest BCUT2D eigenvalue weighted by Gasteiger charge is -1.75. The van der Waals surface area contributed by atoms with E-state index in [-0.39, 0.29) is 9.90 Å². The van der Waals surface area contributed by atoms with Crippen molar-refractivity contribution < 1.29 is 0 Å². The third-order valence-electron chi connectivity index (χ3n) is 0.288. The average molecular weight is 139 g/mol. The second kappa shape index (κ2) is 3.85. The zero-order valence-electron chi connectivity index (χ0n) is 3.18. The Morgan fingerprint density at radius 3 is 2.50 bits per heavy atom. The third-order valence-corrected chi connectivity index (χ3v) is 1.77. The predicted molar refractivity (Wildman–Crippen MR) is 38.6 cm³/mol. The highest BCUT2D eigenvalue weighted by Gasteiger charge is 1.83. The van der Waals surface area contributed by atoms with Gasteiger partial charge in [0.25, 0.3) is 0 Å². The van der Waals surface area contributed by atoms with Crippen molar-refractivity contribution in [3.05, 3.63) is 11.6 Å². The summed E-state index contributed by atoms with van der Waals surface area (Å²) in [7, 11) is 3.33. The van der Waals surface area contributed by atoms with Crippen molar-refractivity contribution in [3.8, 4) is 0 Å². The van der Waals surface area contributed by atoms with Crippen LogP contribution in [0.25, 0.3) is 0 Å². The largest absolute Gasteiger partial charge is 0.327 e. The highest BCUT2D eigenvalue weighted by molar-refractivity contribution is 8.77. The van der Waals surface area contributed by atoms with Gasteiger partial charge in [-0.3, -0.25) is 0 Å². The Balaban J connectivity index is 0.000000250. The molecule has 6 heavy (non-hydrogen) atoms. The standard InChI is InChI=1S/C2H3NS2.H3P/c1-2-4-5-3-1;/h1-3H;1H3. The van der Waals surface area contributed by atoms with E-state index in [0.717, 1.165) is 0 Å². The zero-order chi connectivity index (χ0) is 3.54. The van der Waals surface area contributed by atoms with Gasteiger partial charge in [-0.2, -0.15) is 9.90 Å². The first-order valence-electron chi connectivity index (χ1n) is 1.23. The molecule has 36 valence electrons. The second-order valence-electron chi connectivity index (χ2n) is 0.600. The fourth-order valence-electron chi connectivity index (χ4n) is 0.139. The topological polar surface area (TPSA) is 12.0 Å². The molecule has 1 atom stereocenters. The summed E-state index contributed by atoms with van der Waals surface area (Å²) >= 11 is 0. The average Bonchev–Trinajstić information content (AvgIpc) is 1.76. The molecule has 0 aromatic carbocycles. The summed E-state index contributed by atoms with van der Waals surface area (Å²) < 4.78 is 2.92. The summed E-state index contributed by atoms with van der Waals surface area (Å²) in [6.45, 7) is 0. The molecule has 0 aliphatic carbocycles. The van der Waals surface area contributed by atoms with Crippen LogP contribution in [0.3, 0.4) is 0 Å². The summed E-state index contributed by atoms with van der Waals surface area (Å²) in [6.07, 6.45) is 1.91. The van der Waals surface area contributed by atoms with Crippen molar-refractivity contribution in [1.29, 1.82) is 0 Å². The van der Waals surface area contributed by atoms with E-state index in [2.05, 4.69) is 4.72 Å². The first kappa shape index (κ1) is 6.67. The predicted octanol–water partition coefficient (Wildman–Crippen LogP) is 1.42. The lowest BCUT2D eigenvalue weighted by Crippen LogP contribution is -1.76. The molecule has 0 radical (unpaired) electrons. The van der Waals surface area contributed by atoms with Crippen LogP contribution in [0.1, 0.15) is 0 Å². The van der Waals surface area contributed by atoms with Gasteiger partial charge in [-0.1, -0.05) is 0 Å². The smallest absolute Gasteiger partial charge is 0.0229 e. The molecule has 4 heteroatoms. The molecule has 0 aromatic rings. The van der Waals surface area contributed by atoms with Gasteiger partial charge in [-0.05, 0) is 10.8 Å². The highest BCUT2D eigenvalue weighted by Crippen LogP contribution is 2.22. The molecule has 1 rings (SSSR count). The molecule has 0 aromatic heterocycles. The second-order valence-corrected chi connectivity index (χ2v) is 2.54. The number of rotatable bonds is 0. The van der Waals surface area contributed by atoms with Gasteiger partial charge < -0.3 is 4.72 Å². The zero-order valence-corrected chi connectivity index (χ0v) is 6.23. The maximum atomic E-state index is 2.92. The van der Waals surface area contributed by atoms with Crippen LogP contribution in [0.4, 0.5) is 0 Å². The molecule has 1 heterocycles. The molecular formula is C2H6NPS2. The summed E-state index contributed by atoms with van der Waals surface area (Å²) in [5.74, 6) is 0. The van der Waals surface area contributed by atoms with Crippen molar-refractivity contribution in [2.24, 2.45) is 0 Å². The first-order chi connectivity index (χ1) is 2.50. The van der Waals surface area contributed by atoms with E-state index < -0.39 is 0 Å². The number of hydrogen-bond donors (Lipinski definition) is 1. The van der Waals surface area contributed by atoms with Crippen molar-refractivity contribution in [1.82, 2.24) is 4.72 Å². The van der Waals surface area contributed by atoms with Gasteiger partial charge in [0.15, 0.2) is 0 Å². The Bertz CT molecular complexity index is 49.5. The Hall–Kier alpha value is 0.670. The molecule has 0 bridgehead atoms. The summed E-state index contributed by atoms with van der Waals surface area (Å²) in [5.41, 5.74) is 0. The first-order valence-corrected chi connectivity index (χ1v) is 3.44. The van der Waals surface area contributed by atoms with E-state index in [1.54, 1.807) is 21.8 Å². The minimum absolute atomic E-state index is 0. The van der Waals surface area contributed by atoms with Gasteiger partial charge >= 0.3 is 0 Å². The molecule has 0 fully saturated rings. The van der Waals surface area contributed by atoms with E-state index in [4.69, 9.17) is 0 Å². The van der Waals surface area contributed by atoms with Crippen molar-refractivity contribution in [2.45, 2.75) is 0 Å². The lowest BCUT2D eigenvalue weighted by atomic mass is 11.1. The van der Waals surface area contributed by atoms with Crippen LogP contribution in [0.15, 0.2) is 11.6 Å². The fourth-order valence-corrected chi connectivity index (χ4v) is 1.25. The normalized spacial score (nSPS) is 16.0. The molecule has 0 amide bonds. The Kier molecular flexibility index (Phi) is 4.28. The number of hydrogen-bond acceptors (Lipinski definition) is 3. The quantitative estimate of drug-likeness (QED) is 0.309. The third kappa shape index (κ3) is 1.96. The molecule has 1 aliphatic heterocycles. The highest BCUT2D eigenvalue weighted by atomic mass is 33.1. The van der Waals surface area contributed by atoms with Crippen molar-refractivity contribution in [2.75, 3.05) is 0 Å². The molecule has 0 spiro atoms. The van der Waals surface area contributed by atoms with E-state index in [1.807, 2.05) is 11.6 Å². The molecule has 1 aliphatic rings. The van der Waals surface area contributed by atoms with Crippen molar-refractivity contribution >= 4 is 31.7 Å². The Labute approximate surface area is 48.5 Å².